The summed E-state index contributed by atoms with van der Waals surface area (Å²) in [5, 5.41) is 3.21. The Morgan fingerprint density at radius 3 is 2.76 bits per heavy atom. The molecule has 6 heteroatoms. The molecule has 3 rings (SSSR count). The number of ether oxygens (including phenoxy) is 1. The summed E-state index contributed by atoms with van der Waals surface area (Å²) in [6.07, 6.45) is 1.72. The number of rotatable bonds is 5. The van der Waals surface area contributed by atoms with Crippen LogP contribution in [0.4, 0.5) is 5.69 Å². The van der Waals surface area contributed by atoms with Crippen molar-refractivity contribution >= 4 is 39.1 Å². The van der Waals surface area contributed by atoms with E-state index in [1.54, 1.807) is 36.5 Å². The van der Waals surface area contributed by atoms with Gasteiger partial charge in [0.2, 0.25) is 0 Å². The number of carbonyl (C=O) groups excluding carboxylic acids is 1. The highest BCUT2D eigenvalue weighted by Gasteiger charge is 2.11. The lowest BCUT2D eigenvalue weighted by Crippen LogP contribution is -2.12. The molecule has 4 nitrogen and oxygen atoms in total. The second-order valence-corrected chi connectivity index (χ2v) is 6.54. The molecule has 0 aliphatic rings. The molecule has 0 fully saturated rings. The van der Waals surface area contributed by atoms with E-state index in [0.717, 1.165) is 10.2 Å². The van der Waals surface area contributed by atoms with Gasteiger partial charge < -0.3 is 10.1 Å². The summed E-state index contributed by atoms with van der Waals surface area (Å²) in [7, 11) is 0. The minimum atomic E-state index is -0.278. The van der Waals surface area contributed by atoms with Gasteiger partial charge in [0, 0.05) is 22.4 Å². The molecular formula is C19H14BrClN2O2. The first-order valence-electron chi connectivity index (χ1n) is 7.51. The van der Waals surface area contributed by atoms with Crippen LogP contribution >= 0.6 is 27.5 Å². The Morgan fingerprint density at radius 1 is 1.12 bits per heavy atom. The second kappa shape index (κ2) is 8.14. The molecule has 0 aliphatic heterocycles. The summed E-state index contributed by atoms with van der Waals surface area (Å²) in [6, 6.07) is 18.0. The molecule has 0 bridgehead atoms. The Morgan fingerprint density at radius 2 is 2.00 bits per heavy atom. The van der Waals surface area contributed by atoms with Crippen molar-refractivity contribution in [3.05, 3.63) is 87.6 Å². The zero-order valence-corrected chi connectivity index (χ0v) is 15.4. The number of anilines is 1. The monoisotopic (exact) mass is 416 g/mol. The molecule has 1 aromatic heterocycles. The predicted octanol–water partition coefficient (Wildman–Crippen LogP) is 5.33. The molecule has 1 N–H and O–H groups in total. The van der Waals surface area contributed by atoms with Crippen LogP contribution in [0.1, 0.15) is 16.1 Å². The third kappa shape index (κ3) is 4.81. The number of carbonyl (C=O) groups is 1. The third-order valence-electron chi connectivity index (χ3n) is 3.38. The molecule has 0 radical (unpaired) electrons. The molecule has 0 aliphatic carbocycles. The van der Waals surface area contributed by atoms with Crippen LogP contribution in [-0.2, 0) is 6.61 Å². The Hall–Kier alpha value is -2.37. The van der Waals surface area contributed by atoms with Crippen molar-refractivity contribution in [2.75, 3.05) is 5.32 Å². The van der Waals surface area contributed by atoms with Crippen molar-refractivity contribution < 1.29 is 9.53 Å². The van der Waals surface area contributed by atoms with E-state index in [2.05, 4.69) is 26.2 Å². The maximum Gasteiger partial charge on any atom is 0.257 e. The van der Waals surface area contributed by atoms with E-state index < -0.39 is 0 Å². The summed E-state index contributed by atoms with van der Waals surface area (Å²) < 4.78 is 6.53. The van der Waals surface area contributed by atoms with Crippen LogP contribution in [0.3, 0.4) is 0 Å². The van der Waals surface area contributed by atoms with Crippen molar-refractivity contribution in [2.24, 2.45) is 0 Å². The van der Waals surface area contributed by atoms with Crippen molar-refractivity contribution in [1.82, 2.24) is 4.98 Å². The van der Waals surface area contributed by atoms with E-state index in [9.17, 15) is 4.79 Å². The first-order valence-corrected chi connectivity index (χ1v) is 8.68. The first-order chi connectivity index (χ1) is 12.1. The highest BCUT2D eigenvalue weighted by atomic mass is 79.9. The van der Waals surface area contributed by atoms with Crippen LogP contribution in [0.2, 0.25) is 5.02 Å². The Labute approximate surface area is 158 Å². The molecule has 0 atom stereocenters. The van der Waals surface area contributed by atoms with Gasteiger partial charge in [-0.15, -0.1) is 0 Å². The van der Waals surface area contributed by atoms with Gasteiger partial charge in [0.05, 0.1) is 16.3 Å². The lowest BCUT2D eigenvalue weighted by atomic mass is 10.2. The number of nitrogens with zero attached hydrogens (tertiary/aromatic N) is 1. The normalized spacial score (nSPS) is 10.3. The quantitative estimate of drug-likeness (QED) is 0.610. The van der Waals surface area contributed by atoms with E-state index in [0.29, 0.717) is 28.6 Å². The minimum Gasteiger partial charge on any atom is -0.487 e. The summed E-state index contributed by atoms with van der Waals surface area (Å²) in [5.41, 5.74) is 1.87. The number of aromatic nitrogens is 1. The van der Waals surface area contributed by atoms with Gasteiger partial charge in [0.25, 0.3) is 5.91 Å². The summed E-state index contributed by atoms with van der Waals surface area (Å²) in [4.78, 5) is 16.6. The number of hydrogen-bond donors (Lipinski definition) is 1. The average molecular weight is 418 g/mol. The van der Waals surface area contributed by atoms with Crippen molar-refractivity contribution in [2.45, 2.75) is 6.61 Å². The molecule has 0 spiro atoms. The number of benzene rings is 2. The Bertz CT molecular complexity index is 888. The van der Waals surface area contributed by atoms with Crippen LogP contribution in [-0.4, -0.2) is 10.9 Å². The summed E-state index contributed by atoms with van der Waals surface area (Å²) >= 11 is 9.44. The Kier molecular flexibility index (Phi) is 5.68. The molecule has 3 aromatic rings. The molecule has 25 heavy (non-hydrogen) atoms. The van der Waals surface area contributed by atoms with E-state index in [4.69, 9.17) is 16.3 Å². The fraction of sp³-hybridized carbons (Fsp3) is 0.0526. The zero-order valence-electron chi connectivity index (χ0n) is 13.1. The summed E-state index contributed by atoms with van der Waals surface area (Å²) in [6.45, 7) is 0.358. The minimum absolute atomic E-state index is 0.278. The standard InChI is InChI=1S/C19H14BrClN2O2/c20-13-7-8-17(18(21)10-13)19(24)23-14-5-3-6-16(11-14)25-12-15-4-1-2-9-22-15/h1-11H,12H2,(H,23,24). The lowest BCUT2D eigenvalue weighted by molar-refractivity contribution is 0.102. The molecular weight excluding hydrogens is 404 g/mol. The average Bonchev–Trinajstić information content (AvgIpc) is 2.61. The lowest BCUT2D eigenvalue weighted by Gasteiger charge is -2.10. The Balaban J connectivity index is 1.68. The first kappa shape index (κ1) is 17.5. The predicted molar refractivity (Wildman–Crippen MR) is 102 cm³/mol. The molecule has 2 aromatic carbocycles. The van der Waals surface area contributed by atoms with Crippen LogP contribution in [0, 0.1) is 0 Å². The van der Waals surface area contributed by atoms with Crippen molar-refractivity contribution in [3.8, 4) is 5.75 Å². The van der Waals surface area contributed by atoms with Crippen LogP contribution in [0.5, 0.6) is 5.75 Å². The number of halogens is 2. The van der Waals surface area contributed by atoms with Gasteiger partial charge in [0.1, 0.15) is 12.4 Å². The fourth-order valence-corrected chi connectivity index (χ4v) is 2.94. The topological polar surface area (TPSA) is 51.2 Å². The van der Waals surface area contributed by atoms with E-state index in [1.165, 1.54) is 0 Å². The van der Waals surface area contributed by atoms with Gasteiger partial charge >= 0.3 is 0 Å². The van der Waals surface area contributed by atoms with Gasteiger partial charge in [-0.1, -0.05) is 39.7 Å². The molecule has 0 unspecified atom stereocenters. The van der Waals surface area contributed by atoms with Gasteiger partial charge in [-0.2, -0.15) is 0 Å². The smallest absolute Gasteiger partial charge is 0.257 e. The highest BCUT2D eigenvalue weighted by molar-refractivity contribution is 9.10. The molecule has 1 amide bonds. The maximum absolute atomic E-state index is 12.4. The van der Waals surface area contributed by atoms with Crippen LogP contribution < -0.4 is 10.1 Å². The van der Waals surface area contributed by atoms with Gasteiger partial charge in [0.15, 0.2) is 0 Å². The molecule has 126 valence electrons. The third-order valence-corrected chi connectivity index (χ3v) is 4.19. The number of hydrogen-bond acceptors (Lipinski definition) is 3. The van der Waals surface area contributed by atoms with E-state index >= 15 is 0 Å². The van der Waals surface area contributed by atoms with Crippen LogP contribution in [0.15, 0.2) is 71.3 Å². The zero-order chi connectivity index (χ0) is 17.6. The summed E-state index contributed by atoms with van der Waals surface area (Å²) in [5.74, 6) is 0.365. The number of nitrogens with one attached hydrogen (secondary N) is 1. The molecule has 1 heterocycles. The van der Waals surface area contributed by atoms with Gasteiger partial charge in [-0.25, -0.2) is 0 Å². The number of amides is 1. The van der Waals surface area contributed by atoms with Gasteiger partial charge in [-0.3, -0.25) is 9.78 Å². The largest absolute Gasteiger partial charge is 0.487 e. The second-order valence-electron chi connectivity index (χ2n) is 5.22. The van der Waals surface area contributed by atoms with Crippen molar-refractivity contribution in [3.63, 3.8) is 0 Å². The molecule has 0 saturated carbocycles. The SMILES string of the molecule is O=C(Nc1cccc(OCc2ccccn2)c1)c1ccc(Br)cc1Cl. The maximum atomic E-state index is 12.4. The highest BCUT2D eigenvalue weighted by Crippen LogP contribution is 2.23. The van der Waals surface area contributed by atoms with E-state index in [-0.39, 0.29) is 5.91 Å². The van der Waals surface area contributed by atoms with E-state index in [1.807, 2.05) is 30.3 Å². The van der Waals surface area contributed by atoms with Crippen molar-refractivity contribution in [1.29, 1.82) is 0 Å². The fourth-order valence-electron chi connectivity index (χ4n) is 2.18. The van der Waals surface area contributed by atoms with Gasteiger partial charge in [-0.05, 0) is 42.5 Å². The number of pyridine rings is 1. The molecule has 0 saturated heterocycles. The van der Waals surface area contributed by atoms with Crippen LogP contribution in [0.25, 0.3) is 0 Å².